The van der Waals surface area contributed by atoms with Crippen molar-refractivity contribution in [1.82, 2.24) is 15.3 Å². The van der Waals surface area contributed by atoms with Gasteiger partial charge in [0, 0.05) is 45.7 Å². The third-order valence-electron chi connectivity index (χ3n) is 4.84. The van der Waals surface area contributed by atoms with Crippen LogP contribution in [0.5, 0.6) is 0 Å². The van der Waals surface area contributed by atoms with Crippen LogP contribution >= 0.6 is 0 Å². The summed E-state index contributed by atoms with van der Waals surface area (Å²) in [7, 11) is 1.57. The number of nitrogens with zero attached hydrogens (tertiary/aromatic N) is 4. The summed E-state index contributed by atoms with van der Waals surface area (Å²) in [5.74, 6) is 1.50. The summed E-state index contributed by atoms with van der Waals surface area (Å²) in [6.45, 7) is 4.80. The van der Waals surface area contributed by atoms with Gasteiger partial charge in [0.15, 0.2) is 0 Å². The van der Waals surface area contributed by atoms with Crippen molar-refractivity contribution < 1.29 is 9.59 Å². The number of carbonyl (C=O) groups excluding carboxylic acids is 2. The van der Waals surface area contributed by atoms with Gasteiger partial charge in [-0.05, 0) is 30.4 Å². The zero-order valence-corrected chi connectivity index (χ0v) is 14.9. The molecule has 1 fully saturated rings. The van der Waals surface area contributed by atoms with Gasteiger partial charge in [-0.3, -0.25) is 9.59 Å². The molecule has 3 heterocycles. The van der Waals surface area contributed by atoms with Gasteiger partial charge in [-0.15, -0.1) is 0 Å². The molecule has 1 N–H and O–H groups in total. The Morgan fingerprint density at radius 1 is 1.28 bits per heavy atom. The quantitative estimate of drug-likeness (QED) is 0.900. The maximum atomic E-state index is 12.2. The molecule has 2 amide bonds. The average Bonchev–Trinajstić information content (AvgIpc) is 2.63. The molecule has 0 unspecified atom stereocenters. The van der Waals surface area contributed by atoms with Crippen molar-refractivity contribution >= 4 is 23.3 Å². The maximum absolute atomic E-state index is 12.2. The number of pyridine rings is 1. The lowest BCUT2D eigenvalue weighted by Crippen LogP contribution is -2.37. The van der Waals surface area contributed by atoms with Crippen LogP contribution in [0.4, 0.5) is 5.82 Å². The largest absolute Gasteiger partial charge is 0.357 e. The fraction of sp³-hybridized carbons (Fsp3) is 0.556. The molecule has 0 radical (unpaired) electrons. The van der Waals surface area contributed by atoms with Gasteiger partial charge in [0.25, 0.3) is 5.91 Å². The molecule has 1 aromatic rings. The molecule has 7 heteroatoms. The molecule has 0 saturated carbocycles. The van der Waals surface area contributed by atoms with Gasteiger partial charge in [0.1, 0.15) is 11.5 Å². The Kier molecular flexibility index (Phi) is 5.31. The molecule has 0 aliphatic carbocycles. The average molecular weight is 343 g/mol. The fourth-order valence-electron chi connectivity index (χ4n) is 3.06. The Morgan fingerprint density at radius 2 is 2.04 bits per heavy atom. The normalized spacial score (nSPS) is 19.0. The number of hydrazone groups is 1. The Labute approximate surface area is 148 Å². The first-order valence-electron chi connectivity index (χ1n) is 8.85. The topological polar surface area (TPSA) is 77.9 Å². The van der Waals surface area contributed by atoms with Crippen molar-refractivity contribution in [3.63, 3.8) is 0 Å². The standard InChI is InChI=1S/C18H25N5O2/c1-13-7-9-23(10-8-13)16-5-3-14(11-19-16)12-20-18(25)15-4-6-17(24)22(2)21-15/h3,5,11,13H,4,6-10,12H2,1-2H3,(H,20,25). The smallest absolute Gasteiger partial charge is 0.267 e. The lowest BCUT2D eigenvalue weighted by atomic mass is 9.99. The molecule has 1 saturated heterocycles. The zero-order chi connectivity index (χ0) is 17.8. The molecular formula is C18H25N5O2. The Hall–Kier alpha value is -2.44. The summed E-state index contributed by atoms with van der Waals surface area (Å²) in [6, 6.07) is 4.01. The van der Waals surface area contributed by atoms with Crippen LogP contribution in [0.2, 0.25) is 0 Å². The SMILES string of the molecule is CC1CCN(c2ccc(CNC(=O)C3=NN(C)C(=O)CC3)cn2)CC1. The van der Waals surface area contributed by atoms with Crippen molar-refractivity contribution in [3.05, 3.63) is 23.9 Å². The lowest BCUT2D eigenvalue weighted by Gasteiger charge is -2.31. The highest BCUT2D eigenvalue weighted by Gasteiger charge is 2.21. The van der Waals surface area contributed by atoms with Crippen molar-refractivity contribution in [1.29, 1.82) is 0 Å². The zero-order valence-electron chi connectivity index (χ0n) is 14.9. The molecule has 0 atom stereocenters. The minimum atomic E-state index is -0.228. The van der Waals surface area contributed by atoms with Crippen molar-refractivity contribution in [3.8, 4) is 0 Å². The number of hydrogen-bond donors (Lipinski definition) is 1. The van der Waals surface area contributed by atoms with Gasteiger partial charge < -0.3 is 10.2 Å². The third kappa shape index (κ3) is 4.35. The van der Waals surface area contributed by atoms with Crippen LogP contribution in [0.1, 0.15) is 38.2 Å². The first-order valence-corrected chi connectivity index (χ1v) is 8.85. The number of carbonyl (C=O) groups is 2. The number of aromatic nitrogens is 1. The summed E-state index contributed by atoms with van der Waals surface area (Å²) >= 11 is 0. The number of rotatable bonds is 4. The van der Waals surface area contributed by atoms with Gasteiger partial charge in [0.2, 0.25) is 5.91 Å². The van der Waals surface area contributed by atoms with E-state index >= 15 is 0 Å². The van der Waals surface area contributed by atoms with E-state index in [1.807, 2.05) is 18.3 Å². The molecule has 0 aromatic carbocycles. The third-order valence-corrected chi connectivity index (χ3v) is 4.84. The van der Waals surface area contributed by atoms with Crippen LogP contribution in [0, 0.1) is 5.92 Å². The van der Waals surface area contributed by atoms with E-state index in [-0.39, 0.29) is 11.8 Å². The second kappa shape index (κ2) is 7.63. The molecular weight excluding hydrogens is 318 g/mol. The van der Waals surface area contributed by atoms with E-state index in [0.717, 1.165) is 30.4 Å². The maximum Gasteiger partial charge on any atom is 0.267 e. The van der Waals surface area contributed by atoms with Crippen LogP contribution in [0.25, 0.3) is 0 Å². The van der Waals surface area contributed by atoms with E-state index < -0.39 is 0 Å². The summed E-state index contributed by atoms with van der Waals surface area (Å²) in [4.78, 5) is 30.4. The Balaban J connectivity index is 1.53. The first kappa shape index (κ1) is 17.4. The molecule has 3 rings (SSSR count). The minimum absolute atomic E-state index is 0.0663. The van der Waals surface area contributed by atoms with Crippen molar-refractivity contribution in [2.45, 2.75) is 39.2 Å². The number of piperidine rings is 1. The van der Waals surface area contributed by atoms with E-state index in [9.17, 15) is 9.59 Å². The molecule has 134 valence electrons. The van der Waals surface area contributed by atoms with E-state index in [0.29, 0.717) is 25.1 Å². The van der Waals surface area contributed by atoms with Crippen LogP contribution in [-0.4, -0.2) is 47.7 Å². The molecule has 0 spiro atoms. The van der Waals surface area contributed by atoms with Crippen LogP contribution < -0.4 is 10.2 Å². The van der Waals surface area contributed by atoms with Crippen LogP contribution in [-0.2, 0) is 16.1 Å². The van der Waals surface area contributed by atoms with Gasteiger partial charge in [-0.25, -0.2) is 9.99 Å². The highest BCUT2D eigenvalue weighted by molar-refractivity contribution is 6.39. The van der Waals surface area contributed by atoms with E-state index in [4.69, 9.17) is 0 Å². The summed E-state index contributed by atoms with van der Waals surface area (Å²) in [5.41, 5.74) is 1.34. The number of hydrogen-bond acceptors (Lipinski definition) is 5. The lowest BCUT2D eigenvalue weighted by molar-refractivity contribution is -0.130. The molecule has 0 bridgehead atoms. The first-order chi connectivity index (χ1) is 12.0. The monoisotopic (exact) mass is 343 g/mol. The molecule has 2 aliphatic heterocycles. The van der Waals surface area contributed by atoms with Crippen LogP contribution in [0.15, 0.2) is 23.4 Å². The van der Waals surface area contributed by atoms with Gasteiger partial charge >= 0.3 is 0 Å². The second-order valence-electron chi connectivity index (χ2n) is 6.84. The van der Waals surface area contributed by atoms with Gasteiger partial charge in [-0.1, -0.05) is 13.0 Å². The molecule has 7 nitrogen and oxygen atoms in total. The van der Waals surface area contributed by atoms with Gasteiger partial charge in [0.05, 0.1) is 0 Å². The van der Waals surface area contributed by atoms with Crippen molar-refractivity contribution in [2.75, 3.05) is 25.0 Å². The number of nitrogens with one attached hydrogen (secondary N) is 1. The van der Waals surface area contributed by atoms with E-state index in [1.165, 1.54) is 17.9 Å². The van der Waals surface area contributed by atoms with E-state index in [2.05, 4.69) is 27.2 Å². The fourth-order valence-corrected chi connectivity index (χ4v) is 3.06. The Morgan fingerprint density at radius 3 is 2.68 bits per heavy atom. The highest BCUT2D eigenvalue weighted by Crippen LogP contribution is 2.21. The minimum Gasteiger partial charge on any atom is -0.357 e. The molecule has 25 heavy (non-hydrogen) atoms. The number of anilines is 1. The van der Waals surface area contributed by atoms with Gasteiger partial charge in [-0.2, -0.15) is 5.10 Å². The Bertz CT molecular complexity index is 663. The predicted molar refractivity (Wildman–Crippen MR) is 96.1 cm³/mol. The summed E-state index contributed by atoms with van der Waals surface area (Å²) in [6.07, 6.45) is 4.94. The summed E-state index contributed by atoms with van der Waals surface area (Å²) < 4.78 is 0. The van der Waals surface area contributed by atoms with Crippen LogP contribution in [0.3, 0.4) is 0 Å². The molecule has 1 aromatic heterocycles. The number of amides is 2. The second-order valence-corrected chi connectivity index (χ2v) is 6.84. The molecule has 2 aliphatic rings. The highest BCUT2D eigenvalue weighted by atomic mass is 16.2. The van der Waals surface area contributed by atoms with Crippen molar-refractivity contribution in [2.24, 2.45) is 11.0 Å². The van der Waals surface area contributed by atoms with E-state index in [1.54, 1.807) is 7.05 Å². The summed E-state index contributed by atoms with van der Waals surface area (Å²) in [5, 5.41) is 8.10. The predicted octanol–water partition coefficient (Wildman–Crippen LogP) is 1.54.